The maximum atomic E-state index is 10.7. The number of carbonyl (C=O) groups is 1. The summed E-state index contributed by atoms with van der Waals surface area (Å²) in [7, 11) is 1.87. The van der Waals surface area contributed by atoms with Crippen molar-refractivity contribution in [2.75, 3.05) is 13.7 Å². The first kappa shape index (κ1) is 12.7. The van der Waals surface area contributed by atoms with Gasteiger partial charge < -0.3 is 14.6 Å². The van der Waals surface area contributed by atoms with Gasteiger partial charge in [-0.2, -0.15) is 0 Å². The van der Waals surface area contributed by atoms with Crippen molar-refractivity contribution < 1.29 is 19.4 Å². The zero-order valence-corrected chi connectivity index (χ0v) is 9.73. The molecule has 0 aromatic carbocycles. The van der Waals surface area contributed by atoms with Crippen LogP contribution in [-0.4, -0.2) is 40.8 Å². The van der Waals surface area contributed by atoms with Gasteiger partial charge in [0.15, 0.2) is 0 Å². The zero-order valence-electron chi connectivity index (χ0n) is 9.73. The fraction of sp³-hybridized carbons (Fsp3) is 0.545. The Morgan fingerprint density at radius 3 is 2.69 bits per heavy atom. The third kappa shape index (κ3) is 2.84. The molecule has 5 heteroatoms. The van der Waals surface area contributed by atoms with E-state index in [-0.39, 0.29) is 18.4 Å². The van der Waals surface area contributed by atoms with Crippen molar-refractivity contribution in [1.82, 2.24) is 4.90 Å². The molecule has 0 aliphatic heterocycles. The molecule has 1 aromatic heterocycles. The van der Waals surface area contributed by atoms with Crippen molar-refractivity contribution in [2.45, 2.75) is 26.4 Å². The summed E-state index contributed by atoms with van der Waals surface area (Å²) in [4.78, 5) is 12.6. The highest BCUT2D eigenvalue weighted by Crippen LogP contribution is 2.17. The van der Waals surface area contributed by atoms with E-state index >= 15 is 0 Å². The highest BCUT2D eigenvalue weighted by atomic mass is 16.4. The van der Waals surface area contributed by atoms with Crippen LogP contribution in [0.25, 0.3) is 0 Å². The number of likely N-dealkylation sites (N-methyl/N-ethyl adjacent to an activating group) is 1. The quantitative estimate of drug-likeness (QED) is 0.788. The first-order valence-corrected chi connectivity index (χ1v) is 5.09. The van der Waals surface area contributed by atoms with Gasteiger partial charge in [-0.25, -0.2) is 4.79 Å². The Morgan fingerprint density at radius 2 is 2.25 bits per heavy atom. The molecular formula is C11H17NO4. The normalized spacial score (nSPS) is 13.1. The van der Waals surface area contributed by atoms with E-state index in [1.54, 1.807) is 6.92 Å². The van der Waals surface area contributed by atoms with Gasteiger partial charge in [0, 0.05) is 18.2 Å². The largest absolute Gasteiger partial charge is 0.475 e. The molecule has 1 atom stereocenters. The molecule has 0 radical (unpaired) electrons. The standard InChI is InChI=1S/C11H17NO4/c1-7(6-13)12(3)5-9-4-10(11(14)15)16-8(9)2/h4,7,13H,5-6H2,1-3H3,(H,14,15). The van der Waals surface area contributed by atoms with Crippen molar-refractivity contribution in [1.29, 1.82) is 0 Å². The minimum atomic E-state index is -1.06. The SMILES string of the molecule is Cc1oc(C(=O)O)cc1CN(C)C(C)CO. The van der Waals surface area contributed by atoms with Gasteiger partial charge in [0.25, 0.3) is 0 Å². The van der Waals surface area contributed by atoms with Crippen molar-refractivity contribution in [3.8, 4) is 0 Å². The summed E-state index contributed by atoms with van der Waals surface area (Å²) in [5.74, 6) is -0.501. The maximum absolute atomic E-state index is 10.7. The smallest absolute Gasteiger partial charge is 0.371 e. The Kier molecular flexibility index (Phi) is 4.09. The number of aromatic carboxylic acids is 1. The van der Waals surface area contributed by atoms with Crippen molar-refractivity contribution in [2.24, 2.45) is 0 Å². The molecular weight excluding hydrogens is 210 g/mol. The van der Waals surface area contributed by atoms with Gasteiger partial charge in [0.2, 0.25) is 5.76 Å². The second-order valence-corrected chi connectivity index (χ2v) is 3.94. The van der Waals surface area contributed by atoms with E-state index in [0.717, 1.165) is 5.56 Å². The molecule has 1 aromatic rings. The summed E-state index contributed by atoms with van der Waals surface area (Å²) >= 11 is 0. The molecule has 0 saturated carbocycles. The lowest BCUT2D eigenvalue weighted by atomic mass is 10.2. The molecule has 0 aliphatic rings. The lowest BCUT2D eigenvalue weighted by Crippen LogP contribution is -2.31. The third-order valence-corrected chi connectivity index (χ3v) is 2.67. The Balaban J connectivity index is 2.77. The molecule has 0 saturated heterocycles. The molecule has 0 bridgehead atoms. The van der Waals surface area contributed by atoms with Crippen molar-refractivity contribution >= 4 is 5.97 Å². The van der Waals surface area contributed by atoms with Gasteiger partial charge >= 0.3 is 5.97 Å². The van der Waals surface area contributed by atoms with Crippen LogP contribution in [0.2, 0.25) is 0 Å². The molecule has 2 N–H and O–H groups in total. The summed E-state index contributed by atoms with van der Waals surface area (Å²) in [6, 6.07) is 1.56. The van der Waals surface area contributed by atoms with Crippen LogP contribution < -0.4 is 0 Å². The van der Waals surface area contributed by atoms with Crippen molar-refractivity contribution in [3.05, 3.63) is 23.2 Å². The Hall–Kier alpha value is -1.33. The molecule has 16 heavy (non-hydrogen) atoms. The topological polar surface area (TPSA) is 73.9 Å². The van der Waals surface area contributed by atoms with E-state index in [2.05, 4.69) is 0 Å². The summed E-state index contributed by atoms with van der Waals surface area (Å²) in [5, 5.41) is 17.8. The van der Waals surface area contributed by atoms with Crippen LogP contribution in [0.3, 0.4) is 0 Å². The molecule has 90 valence electrons. The number of rotatable bonds is 5. The highest BCUT2D eigenvalue weighted by Gasteiger charge is 2.16. The molecule has 0 spiro atoms. The molecule has 1 heterocycles. The fourth-order valence-corrected chi connectivity index (χ4v) is 1.35. The van der Waals surface area contributed by atoms with E-state index in [0.29, 0.717) is 12.3 Å². The van der Waals surface area contributed by atoms with E-state index in [1.807, 2.05) is 18.9 Å². The van der Waals surface area contributed by atoms with E-state index in [4.69, 9.17) is 14.6 Å². The van der Waals surface area contributed by atoms with Crippen LogP contribution in [0, 0.1) is 6.92 Å². The molecule has 5 nitrogen and oxygen atoms in total. The van der Waals surface area contributed by atoms with Gasteiger partial charge in [-0.15, -0.1) is 0 Å². The monoisotopic (exact) mass is 227 g/mol. The first-order chi connectivity index (χ1) is 7.45. The predicted octanol–water partition coefficient (Wildman–Crippen LogP) is 1.10. The second kappa shape index (κ2) is 5.14. The number of aliphatic hydroxyl groups excluding tert-OH is 1. The van der Waals surface area contributed by atoms with E-state index in [9.17, 15) is 4.79 Å². The Bertz CT molecular complexity index is 372. The number of aryl methyl sites for hydroxylation is 1. The summed E-state index contributed by atoms with van der Waals surface area (Å²) in [6.07, 6.45) is 0. The number of hydrogen-bond acceptors (Lipinski definition) is 4. The third-order valence-electron chi connectivity index (χ3n) is 2.67. The molecule has 1 rings (SSSR count). The number of carboxylic acid groups (broad SMARTS) is 1. The number of carboxylic acids is 1. The number of furan rings is 1. The lowest BCUT2D eigenvalue weighted by Gasteiger charge is -2.22. The average molecular weight is 227 g/mol. The Labute approximate surface area is 94.3 Å². The van der Waals surface area contributed by atoms with Crippen LogP contribution in [0.5, 0.6) is 0 Å². The first-order valence-electron chi connectivity index (χ1n) is 5.09. The fourth-order valence-electron chi connectivity index (χ4n) is 1.35. The van der Waals surface area contributed by atoms with Gasteiger partial charge in [0.1, 0.15) is 5.76 Å². The molecule has 0 amide bonds. The molecule has 0 aliphatic carbocycles. The number of hydrogen-bond donors (Lipinski definition) is 2. The average Bonchev–Trinajstić information content (AvgIpc) is 2.59. The summed E-state index contributed by atoms with van der Waals surface area (Å²) in [5.41, 5.74) is 0.834. The maximum Gasteiger partial charge on any atom is 0.371 e. The minimum Gasteiger partial charge on any atom is -0.475 e. The molecule has 1 unspecified atom stereocenters. The summed E-state index contributed by atoms with van der Waals surface area (Å²) in [6.45, 7) is 4.26. The van der Waals surface area contributed by atoms with E-state index < -0.39 is 5.97 Å². The zero-order chi connectivity index (χ0) is 12.3. The van der Waals surface area contributed by atoms with Crippen LogP contribution in [0.4, 0.5) is 0 Å². The van der Waals surface area contributed by atoms with Gasteiger partial charge in [0.05, 0.1) is 6.61 Å². The van der Waals surface area contributed by atoms with Crippen LogP contribution in [-0.2, 0) is 6.54 Å². The Morgan fingerprint density at radius 1 is 1.62 bits per heavy atom. The lowest BCUT2D eigenvalue weighted by molar-refractivity contribution is 0.0661. The summed E-state index contributed by atoms with van der Waals surface area (Å²) < 4.78 is 5.10. The highest BCUT2D eigenvalue weighted by molar-refractivity contribution is 5.84. The number of nitrogens with zero attached hydrogens (tertiary/aromatic N) is 1. The van der Waals surface area contributed by atoms with Gasteiger partial charge in [-0.3, -0.25) is 4.90 Å². The van der Waals surface area contributed by atoms with Crippen LogP contribution in [0.15, 0.2) is 10.5 Å². The minimum absolute atomic E-state index is 0.0302. The molecule has 0 fully saturated rings. The van der Waals surface area contributed by atoms with Crippen molar-refractivity contribution in [3.63, 3.8) is 0 Å². The van der Waals surface area contributed by atoms with E-state index in [1.165, 1.54) is 6.07 Å². The predicted molar refractivity (Wildman–Crippen MR) is 58.4 cm³/mol. The van der Waals surface area contributed by atoms with Gasteiger partial charge in [-0.05, 0) is 27.0 Å². The van der Waals surface area contributed by atoms with Crippen LogP contribution >= 0.6 is 0 Å². The van der Waals surface area contributed by atoms with Crippen LogP contribution in [0.1, 0.15) is 28.8 Å². The second-order valence-electron chi connectivity index (χ2n) is 3.94. The van der Waals surface area contributed by atoms with Gasteiger partial charge in [-0.1, -0.05) is 0 Å². The number of aliphatic hydroxyl groups is 1.